The summed E-state index contributed by atoms with van der Waals surface area (Å²) in [7, 11) is 4.22. The van der Waals surface area contributed by atoms with E-state index in [0.29, 0.717) is 6.04 Å². The third-order valence-corrected chi connectivity index (χ3v) is 3.57. The van der Waals surface area contributed by atoms with Gasteiger partial charge in [0.1, 0.15) is 0 Å². The number of amides is 1. The summed E-state index contributed by atoms with van der Waals surface area (Å²) in [4.78, 5) is 16.0. The van der Waals surface area contributed by atoms with E-state index >= 15 is 0 Å². The summed E-state index contributed by atoms with van der Waals surface area (Å²) in [6.07, 6.45) is 3.34. The molecule has 2 atom stereocenters. The predicted molar refractivity (Wildman–Crippen MR) is 74.4 cm³/mol. The second-order valence-electron chi connectivity index (χ2n) is 5.40. The lowest BCUT2D eigenvalue weighted by molar-refractivity contribution is -0.120. The fourth-order valence-electron chi connectivity index (χ4n) is 2.70. The molecule has 1 fully saturated rings. The molecule has 0 aromatic carbocycles. The van der Waals surface area contributed by atoms with Gasteiger partial charge in [0.05, 0.1) is 6.04 Å². The molecule has 0 spiro atoms. The number of nitrogens with zero attached hydrogens (tertiary/aromatic N) is 2. The molecule has 1 rings (SSSR count). The Morgan fingerprint density at radius 3 is 2.83 bits per heavy atom. The fraction of sp³-hybridized carbons (Fsp3) is 0.923. The van der Waals surface area contributed by atoms with Crippen molar-refractivity contribution in [3.05, 3.63) is 0 Å². The van der Waals surface area contributed by atoms with E-state index in [9.17, 15) is 4.79 Å². The highest BCUT2D eigenvalue weighted by Gasteiger charge is 2.25. The molecule has 3 N–H and O–H groups in total. The van der Waals surface area contributed by atoms with Crippen LogP contribution in [0.3, 0.4) is 0 Å². The number of carbonyl (C=O) groups is 1. The highest BCUT2D eigenvalue weighted by atomic mass is 16.1. The average Bonchev–Trinajstić information content (AvgIpc) is 2.70. The van der Waals surface area contributed by atoms with Gasteiger partial charge in [0.25, 0.3) is 0 Å². The first-order valence-electron chi connectivity index (χ1n) is 6.96. The third-order valence-electron chi connectivity index (χ3n) is 3.57. The van der Waals surface area contributed by atoms with E-state index in [1.165, 1.54) is 12.8 Å². The zero-order valence-electron chi connectivity index (χ0n) is 12.0. The Bertz CT molecular complexity index is 257. The summed E-state index contributed by atoms with van der Waals surface area (Å²) in [5.41, 5.74) is 5.39. The number of nitrogens with two attached hydrogens (primary N) is 1. The topological polar surface area (TPSA) is 61.6 Å². The first-order valence-corrected chi connectivity index (χ1v) is 6.96. The Labute approximate surface area is 111 Å². The maximum absolute atomic E-state index is 11.3. The normalized spacial score (nSPS) is 22.6. The van der Waals surface area contributed by atoms with Crippen LogP contribution in [0.1, 0.15) is 26.2 Å². The van der Waals surface area contributed by atoms with E-state index < -0.39 is 0 Å². The largest absolute Gasteiger partial charge is 0.368 e. The van der Waals surface area contributed by atoms with Gasteiger partial charge in [-0.15, -0.1) is 0 Å². The molecule has 1 amide bonds. The van der Waals surface area contributed by atoms with Crippen molar-refractivity contribution < 1.29 is 4.79 Å². The fourth-order valence-corrected chi connectivity index (χ4v) is 2.70. The number of primary amides is 1. The van der Waals surface area contributed by atoms with Gasteiger partial charge in [-0.25, -0.2) is 0 Å². The van der Waals surface area contributed by atoms with Gasteiger partial charge in [0.2, 0.25) is 5.91 Å². The zero-order chi connectivity index (χ0) is 13.5. The molecule has 18 heavy (non-hydrogen) atoms. The second kappa shape index (κ2) is 7.71. The summed E-state index contributed by atoms with van der Waals surface area (Å²) in [5.74, 6) is -0.236. The molecule has 5 nitrogen and oxygen atoms in total. The maximum Gasteiger partial charge on any atom is 0.234 e. The van der Waals surface area contributed by atoms with Crippen LogP contribution in [0.4, 0.5) is 0 Å². The van der Waals surface area contributed by atoms with E-state index in [-0.39, 0.29) is 11.9 Å². The van der Waals surface area contributed by atoms with Crippen molar-refractivity contribution in [1.82, 2.24) is 15.1 Å². The number of hydrogen-bond donors (Lipinski definition) is 2. The molecule has 1 aliphatic rings. The molecule has 0 radical (unpaired) electrons. The van der Waals surface area contributed by atoms with Crippen molar-refractivity contribution in [2.24, 2.45) is 5.73 Å². The van der Waals surface area contributed by atoms with E-state index in [2.05, 4.69) is 29.2 Å². The van der Waals surface area contributed by atoms with Crippen molar-refractivity contribution >= 4 is 5.91 Å². The van der Waals surface area contributed by atoms with Crippen LogP contribution in [0.25, 0.3) is 0 Å². The number of carbonyl (C=O) groups excluding carboxylic acids is 1. The molecule has 5 heteroatoms. The van der Waals surface area contributed by atoms with Gasteiger partial charge in [-0.05, 0) is 46.4 Å². The highest BCUT2D eigenvalue weighted by molar-refractivity contribution is 5.79. The SMILES string of the molecule is CCNC(CCN1CCCC1CN(C)C)C(N)=O. The van der Waals surface area contributed by atoms with Crippen LogP contribution in [-0.2, 0) is 4.79 Å². The minimum Gasteiger partial charge on any atom is -0.368 e. The summed E-state index contributed by atoms with van der Waals surface area (Å²) in [5, 5.41) is 3.15. The molecular weight excluding hydrogens is 228 g/mol. The first kappa shape index (κ1) is 15.4. The van der Waals surface area contributed by atoms with E-state index in [1.54, 1.807) is 0 Å². The molecule has 0 bridgehead atoms. The first-order chi connectivity index (χ1) is 8.54. The third kappa shape index (κ3) is 4.92. The Morgan fingerprint density at radius 1 is 1.56 bits per heavy atom. The Kier molecular flexibility index (Phi) is 6.60. The van der Waals surface area contributed by atoms with Crippen LogP contribution in [0, 0.1) is 0 Å². The van der Waals surface area contributed by atoms with Gasteiger partial charge in [0, 0.05) is 19.1 Å². The van der Waals surface area contributed by atoms with Crippen molar-refractivity contribution in [3.8, 4) is 0 Å². The number of likely N-dealkylation sites (tertiary alicyclic amines) is 1. The van der Waals surface area contributed by atoms with Gasteiger partial charge >= 0.3 is 0 Å². The lowest BCUT2D eigenvalue weighted by Crippen LogP contribution is -2.45. The Balaban J connectivity index is 2.38. The summed E-state index contributed by atoms with van der Waals surface area (Å²) >= 11 is 0. The molecular formula is C13H28N4O. The highest BCUT2D eigenvalue weighted by Crippen LogP contribution is 2.18. The van der Waals surface area contributed by atoms with Crippen LogP contribution >= 0.6 is 0 Å². The molecule has 1 aliphatic heterocycles. The van der Waals surface area contributed by atoms with Gasteiger partial charge in [-0.3, -0.25) is 9.69 Å². The molecule has 2 unspecified atom stereocenters. The molecule has 1 saturated heterocycles. The Hall–Kier alpha value is -0.650. The van der Waals surface area contributed by atoms with Crippen molar-refractivity contribution in [3.63, 3.8) is 0 Å². The monoisotopic (exact) mass is 256 g/mol. The van der Waals surface area contributed by atoms with Crippen LogP contribution < -0.4 is 11.1 Å². The molecule has 0 aliphatic carbocycles. The molecule has 106 valence electrons. The maximum atomic E-state index is 11.3. The Morgan fingerprint density at radius 2 is 2.28 bits per heavy atom. The van der Waals surface area contributed by atoms with Crippen LogP contribution in [-0.4, -0.2) is 68.1 Å². The minimum atomic E-state index is -0.236. The summed E-state index contributed by atoms with van der Waals surface area (Å²) in [6, 6.07) is 0.450. The van der Waals surface area contributed by atoms with E-state index in [1.807, 2.05) is 6.92 Å². The summed E-state index contributed by atoms with van der Waals surface area (Å²) in [6.45, 7) is 5.99. The predicted octanol–water partition coefficient (Wildman–Crippen LogP) is -0.134. The quantitative estimate of drug-likeness (QED) is 0.635. The second-order valence-corrected chi connectivity index (χ2v) is 5.40. The van der Waals surface area contributed by atoms with Crippen LogP contribution in [0.2, 0.25) is 0 Å². The van der Waals surface area contributed by atoms with E-state index in [4.69, 9.17) is 5.73 Å². The molecule has 0 saturated carbocycles. The van der Waals surface area contributed by atoms with Crippen LogP contribution in [0.5, 0.6) is 0 Å². The number of nitrogens with one attached hydrogen (secondary N) is 1. The number of likely N-dealkylation sites (N-methyl/N-ethyl adjacent to an activating group) is 2. The molecule has 0 aromatic heterocycles. The van der Waals surface area contributed by atoms with Gasteiger partial charge < -0.3 is 16.0 Å². The number of rotatable bonds is 8. The van der Waals surface area contributed by atoms with Gasteiger partial charge in [-0.2, -0.15) is 0 Å². The smallest absolute Gasteiger partial charge is 0.234 e. The van der Waals surface area contributed by atoms with Gasteiger partial charge in [0.15, 0.2) is 0 Å². The summed E-state index contributed by atoms with van der Waals surface area (Å²) < 4.78 is 0. The van der Waals surface area contributed by atoms with Crippen molar-refractivity contribution in [1.29, 1.82) is 0 Å². The molecule has 0 aromatic rings. The van der Waals surface area contributed by atoms with E-state index in [0.717, 1.165) is 32.6 Å². The van der Waals surface area contributed by atoms with Crippen LogP contribution in [0.15, 0.2) is 0 Å². The van der Waals surface area contributed by atoms with Gasteiger partial charge in [-0.1, -0.05) is 6.92 Å². The lowest BCUT2D eigenvalue weighted by Gasteiger charge is -2.28. The standard InChI is InChI=1S/C13H28N4O/c1-4-15-12(13(14)18)7-9-17-8-5-6-11(17)10-16(2)3/h11-12,15H,4-10H2,1-3H3,(H2,14,18). The van der Waals surface area contributed by atoms with Crippen molar-refractivity contribution in [2.75, 3.05) is 40.3 Å². The minimum absolute atomic E-state index is 0.185. The molecule has 1 heterocycles. The number of hydrogen-bond acceptors (Lipinski definition) is 4. The zero-order valence-corrected chi connectivity index (χ0v) is 12.0. The lowest BCUT2D eigenvalue weighted by atomic mass is 10.1. The average molecular weight is 256 g/mol. The van der Waals surface area contributed by atoms with Crippen molar-refractivity contribution in [2.45, 2.75) is 38.3 Å².